The lowest BCUT2D eigenvalue weighted by Crippen LogP contribution is -2.25. The summed E-state index contributed by atoms with van der Waals surface area (Å²) in [5.74, 6) is -2.08. The van der Waals surface area contributed by atoms with Crippen molar-refractivity contribution in [3.05, 3.63) is 29.8 Å². The van der Waals surface area contributed by atoms with Crippen LogP contribution in [-0.2, 0) is 4.79 Å². The van der Waals surface area contributed by atoms with Gasteiger partial charge in [0.15, 0.2) is 5.92 Å². The first-order chi connectivity index (χ1) is 7.36. The Morgan fingerprint density at radius 1 is 1.44 bits per heavy atom. The Hall–Kier alpha value is -1.23. The molecule has 0 aliphatic heterocycles. The fourth-order valence-corrected chi connectivity index (χ4v) is 1.52. The maximum absolute atomic E-state index is 12.5. The van der Waals surface area contributed by atoms with Gasteiger partial charge in [0.1, 0.15) is 5.75 Å². The summed E-state index contributed by atoms with van der Waals surface area (Å²) in [4.78, 5) is 10.8. The van der Waals surface area contributed by atoms with Crippen LogP contribution in [0.1, 0.15) is 11.5 Å². The molecule has 0 fully saturated rings. The predicted octanol–water partition coefficient (Wildman–Crippen LogP) is 3.11. The Balaban J connectivity index is 3.16. The second kappa shape index (κ2) is 4.74. The number of ether oxygens (including phenoxy) is 1. The monoisotopic (exact) mass is 252 g/mol. The minimum absolute atomic E-state index is 0.230. The fourth-order valence-electron chi connectivity index (χ4n) is 1.27. The molecule has 0 unspecified atom stereocenters. The molecule has 88 valence electrons. The van der Waals surface area contributed by atoms with Gasteiger partial charge in [0.2, 0.25) is 5.24 Å². The van der Waals surface area contributed by atoms with Gasteiger partial charge in [-0.15, -0.1) is 0 Å². The van der Waals surface area contributed by atoms with Gasteiger partial charge in [-0.05, 0) is 29.3 Å². The molecule has 0 heterocycles. The molecule has 0 amide bonds. The molecule has 2 nitrogen and oxygen atoms in total. The zero-order chi connectivity index (χ0) is 12.3. The summed E-state index contributed by atoms with van der Waals surface area (Å²) < 4.78 is 42.4. The van der Waals surface area contributed by atoms with E-state index in [1.165, 1.54) is 25.3 Å². The molecule has 0 N–H and O–H groups in total. The van der Waals surface area contributed by atoms with Crippen molar-refractivity contribution < 1.29 is 22.7 Å². The molecule has 1 rings (SSSR count). The first kappa shape index (κ1) is 12.8. The number of carbonyl (C=O) groups is 1. The van der Waals surface area contributed by atoms with Crippen LogP contribution in [0.25, 0.3) is 0 Å². The molecular weight excluding hydrogens is 245 g/mol. The highest BCUT2D eigenvalue weighted by Gasteiger charge is 2.45. The summed E-state index contributed by atoms with van der Waals surface area (Å²) in [6, 6.07) is 5.17. The topological polar surface area (TPSA) is 26.3 Å². The smallest absolute Gasteiger partial charge is 0.403 e. The molecule has 0 aliphatic carbocycles. The van der Waals surface area contributed by atoms with E-state index in [1.54, 1.807) is 0 Å². The van der Waals surface area contributed by atoms with Crippen LogP contribution < -0.4 is 4.74 Å². The maximum atomic E-state index is 12.5. The van der Waals surface area contributed by atoms with Gasteiger partial charge in [0, 0.05) is 0 Å². The van der Waals surface area contributed by atoms with Gasteiger partial charge < -0.3 is 4.74 Å². The second-order valence-corrected chi connectivity index (χ2v) is 3.43. The van der Waals surface area contributed by atoms with E-state index in [1.807, 2.05) is 0 Å². The third-order valence-corrected chi connectivity index (χ3v) is 2.20. The first-order valence-electron chi connectivity index (χ1n) is 4.26. The Labute approximate surface area is 95.0 Å². The van der Waals surface area contributed by atoms with E-state index in [2.05, 4.69) is 0 Å². The highest BCUT2D eigenvalue weighted by molar-refractivity contribution is 6.64. The Morgan fingerprint density at radius 2 is 2.06 bits per heavy atom. The van der Waals surface area contributed by atoms with E-state index in [0.717, 1.165) is 6.07 Å². The van der Waals surface area contributed by atoms with Crippen molar-refractivity contribution in [1.29, 1.82) is 0 Å². The molecule has 0 radical (unpaired) electrons. The molecule has 0 bridgehead atoms. The van der Waals surface area contributed by atoms with Crippen LogP contribution in [0.2, 0.25) is 0 Å². The number of benzene rings is 1. The maximum Gasteiger partial charge on any atom is 0.403 e. The SMILES string of the molecule is COc1cccc([C@H](C(=O)Cl)C(F)(F)F)c1. The number of methoxy groups -OCH3 is 1. The molecule has 1 aromatic carbocycles. The van der Waals surface area contributed by atoms with E-state index in [0.29, 0.717) is 0 Å². The van der Waals surface area contributed by atoms with Gasteiger partial charge in [-0.25, -0.2) is 0 Å². The normalized spacial score (nSPS) is 13.3. The van der Waals surface area contributed by atoms with Gasteiger partial charge in [-0.1, -0.05) is 12.1 Å². The summed E-state index contributed by atoms with van der Waals surface area (Å²) in [5.41, 5.74) is -0.230. The molecule has 0 saturated carbocycles. The van der Waals surface area contributed by atoms with Crippen molar-refractivity contribution in [2.45, 2.75) is 12.1 Å². The lowest BCUT2D eigenvalue weighted by Gasteiger charge is -2.17. The summed E-state index contributed by atoms with van der Waals surface area (Å²) in [7, 11) is 1.32. The van der Waals surface area contributed by atoms with E-state index in [-0.39, 0.29) is 11.3 Å². The predicted molar refractivity (Wildman–Crippen MR) is 52.7 cm³/mol. The number of carbonyl (C=O) groups excluding carboxylic acids is 1. The molecule has 1 aromatic rings. The van der Waals surface area contributed by atoms with Crippen molar-refractivity contribution in [2.24, 2.45) is 0 Å². The van der Waals surface area contributed by atoms with Crippen molar-refractivity contribution in [1.82, 2.24) is 0 Å². The number of hydrogen-bond acceptors (Lipinski definition) is 2. The van der Waals surface area contributed by atoms with E-state index >= 15 is 0 Å². The average Bonchev–Trinajstić information content (AvgIpc) is 2.15. The van der Waals surface area contributed by atoms with E-state index < -0.39 is 17.3 Å². The van der Waals surface area contributed by atoms with Crippen LogP contribution in [0.3, 0.4) is 0 Å². The molecule has 0 aliphatic rings. The lowest BCUT2D eigenvalue weighted by atomic mass is 10.00. The van der Waals surface area contributed by atoms with Crippen LogP contribution in [0.5, 0.6) is 5.75 Å². The summed E-state index contributed by atoms with van der Waals surface area (Å²) in [6.07, 6.45) is -4.70. The molecule has 0 saturated heterocycles. The Bertz CT molecular complexity index is 390. The van der Waals surface area contributed by atoms with Crippen molar-refractivity contribution >= 4 is 16.8 Å². The highest BCUT2D eigenvalue weighted by atomic mass is 35.5. The number of halogens is 4. The lowest BCUT2D eigenvalue weighted by molar-refractivity contribution is -0.158. The molecule has 0 spiro atoms. The third-order valence-electron chi connectivity index (χ3n) is 1.98. The summed E-state index contributed by atoms with van der Waals surface area (Å²) in [6.45, 7) is 0. The molecular formula is C10H8ClF3O2. The highest BCUT2D eigenvalue weighted by Crippen LogP contribution is 2.37. The average molecular weight is 253 g/mol. The molecule has 0 aromatic heterocycles. The van der Waals surface area contributed by atoms with Crippen LogP contribution in [0.4, 0.5) is 13.2 Å². The van der Waals surface area contributed by atoms with Crippen molar-refractivity contribution in [3.63, 3.8) is 0 Å². The van der Waals surface area contributed by atoms with Gasteiger partial charge in [0.05, 0.1) is 7.11 Å². The molecule has 1 atom stereocenters. The zero-order valence-electron chi connectivity index (χ0n) is 8.22. The zero-order valence-corrected chi connectivity index (χ0v) is 8.97. The van der Waals surface area contributed by atoms with Gasteiger partial charge in [0.25, 0.3) is 0 Å². The standard InChI is InChI=1S/C10H8ClF3O2/c1-16-7-4-2-3-6(5-7)8(9(11)15)10(12,13)14/h2-5,8H,1H3/t8-/m1/s1. The van der Waals surface area contributed by atoms with Crippen molar-refractivity contribution in [2.75, 3.05) is 7.11 Å². The fraction of sp³-hybridized carbons (Fsp3) is 0.300. The van der Waals surface area contributed by atoms with E-state index in [4.69, 9.17) is 16.3 Å². The largest absolute Gasteiger partial charge is 0.497 e. The summed E-state index contributed by atoms with van der Waals surface area (Å²) in [5, 5.41) is -1.46. The van der Waals surface area contributed by atoms with Gasteiger partial charge in [-0.3, -0.25) is 4.79 Å². The summed E-state index contributed by atoms with van der Waals surface area (Å²) >= 11 is 4.96. The Kier molecular flexibility index (Phi) is 3.80. The van der Waals surface area contributed by atoms with Crippen LogP contribution in [-0.4, -0.2) is 18.5 Å². The Morgan fingerprint density at radius 3 is 2.50 bits per heavy atom. The van der Waals surface area contributed by atoms with Gasteiger partial charge >= 0.3 is 6.18 Å². The second-order valence-electron chi connectivity index (χ2n) is 3.06. The molecule has 16 heavy (non-hydrogen) atoms. The third kappa shape index (κ3) is 2.88. The van der Waals surface area contributed by atoms with Crippen LogP contribution in [0.15, 0.2) is 24.3 Å². The minimum atomic E-state index is -4.70. The first-order valence-corrected chi connectivity index (χ1v) is 4.64. The number of alkyl halides is 3. The number of rotatable bonds is 3. The van der Waals surface area contributed by atoms with Crippen LogP contribution in [0, 0.1) is 0 Å². The van der Waals surface area contributed by atoms with Crippen LogP contribution >= 0.6 is 11.6 Å². The quantitative estimate of drug-likeness (QED) is 0.773. The van der Waals surface area contributed by atoms with Crippen molar-refractivity contribution in [3.8, 4) is 5.75 Å². The number of hydrogen-bond donors (Lipinski definition) is 0. The van der Waals surface area contributed by atoms with E-state index in [9.17, 15) is 18.0 Å². The molecule has 6 heteroatoms. The van der Waals surface area contributed by atoms with Gasteiger partial charge in [-0.2, -0.15) is 13.2 Å². The minimum Gasteiger partial charge on any atom is -0.497 e.